The number of nitrogens with one attached hydrogen (secondary N) is 2. The molecular weight excluding hydrogens is 636 g/mol. The molecule has 3 aliphatic rings. The van der Waals surface area contributed by atoms with Gasteiger partial charge in [0.1, 0.15) is 16.5 Å². The number of halogens is 3. The van der Waals surface area contributed by atoms with E-state index in [1.165, 1.54) is 44.4 Å². The molecule has 12 heteroatoms. The number of alkyl halides is 2. The van der Waals surface area contributed by atoms with E-state index in [-0.39, 0.29) is 18.0 Å². The molecule has 0 atom stereocenters. The highest BCUT2D eigenvalue weighted by atomic mass is 32.2. The van der Waals surface area contributed by atoms with E-state index in [0.29, 0.717) is 27.9 Å². The number of hydrogen-bond acceptors (Lipinski definition) is 8. The maximum absolute atomic E-state index is 14.5. The van der Waals surface area contributed by atoms with Crippen LogP contribution in [0.5, 0.6) is 5.75 Å². The van der Waals surface area contributed by atoms with Crippen LogP contribution in [0.1, 0.15) is 49.0 Å². The molecule has 7 nitrogen and oxygen atoms in total. The summed E-state index contributed by atoms with van der Waals surface area (Å²) in [6.45, 7) is 4.24. The summed E-state index contributed by atoms with van der Waals surface area (Å²) in [4.78, 5) is 2.77. The number of likely N-dealkylation sites (tertiary alicyclic amines) is 1. The van der Waals surface area contributed by atoms with Gasteiger partial charge in [0.2, 0.25) is 6.43 Å². The van der Waals surface area contributed by atoms with Crippen molar-refractivity contribution in [1.29, 1.82) is 0 Å². The van der Waals surface area contributed by atoms with E-state index < -0.39 is 33.4 Å². The topological polar surface area (TPSA) is 79.9 Å². The van der Waals surface area contributed by atoms with E-state index in [1.54, 1.807) is 0 Å². The van der Waals surface area contributed by atoms with Crippen LogP contribution in [0.3, 0.4) is 0 Å². The first kappa shape index (κ1) is 32.9. The molecule has 0 unspecified atom stereocenters. The second-order valence-electron chi connectivity index (χ2n) is 12.8. The fraction of sp³-hybridized carbons (Fsp3) is 0.529. The number of anilines is 2. The zero-order valence-electron chi connectivity index (χ0n) is 26.1. The van der Waals surface area contributed by atoms with Crippen molar-refractivity contribution in [3.05, 3.63) is 46.6 Å². The van der Waals surface area contributed by atoms with Crippen molar-refractivity contribution in [3.8, 4) is 17.6 Å². The summed E-state index contributed by atoms with van der Waals surface area (Å²) in [5.74, 6) is 5.27. The second kappa shape index (κ2) is 13.6. The maximum Gasteiger partial charge on any atom is 0.242 e. The molecule has 0 amide bonds. The minimum absolute atomic E-state index is 0.0661. The van der Waals surface area contributed by atoms with Crippen molar-refractivity contribution >= 4 is 42.6 Å². The molecule has 2 aliphatic heterocycles. The lowest BCUT2D eigenvalue weighted by molar-refractivity contribution is -0.102. The van der Waals surface area contributed by atoms with Crippen LogP contribution in [0.2, 0.25) is 0 Å². The maximum atomic E-state index is 14.5. The zero-order chi connectivity index (χ0) is 32.5. The standard InChI is InChI=1S/C34H40F3N3O4S2/c1-43-29-19-31(46(2,41)42)26(35)18-28(29)38-14-4-7-30-25(17-32(36)37)24-5-3-6-27(33(24)45-30)39-22-8-10-23(11-9-22)40-20-34(21-40)12-15-44-16-13-34/h3,5-6,18-19,22-23,32,38-39H,8-17,20-21H2,1-2H3. The molecule has 1 spiro atoms. The highest BCUT2D eigenvalue weighted by molar-refractivity contribution is 7.90. The average molecular weight is 676 g/mol. The molecule has 3 heterocycles. The third kappa shape index (κ3) is 7.13. The Bertz CT molecular complexity index is 1730. The Balaban J connectivity index is 1.13. The van der Waals surface area contributed by atoms with Gasteiger partial charge < -0.3 is 20.1 Å². The fourth-order valence-corrected chi connectivity index (χ4v) is 9.05. The number of benzene rings is 2. The molecule has 1 aromatic heterocycles. The predicted octanol–water partition coefficient (Wildman–Crippen LogP) is 6.56. The van der Waals surface area contributed by atoms with Crippen LogP contribution in [-0.2, 0) is 21.0 Å². The second-order valence-corrected chi connectivity index (χ2v) is 15.8. The number of nitrogens with zero attached hydrogens (tertiary/aromatic N) is 1. The number of fused-ring (bicyclic) bond motifs is 1. The summed E-state index contributed by atoms with van der Waals surface area (Å²) in [5, 5.41) is 7.46. The number of ether oxygens (including phenoxy) is 2. The van der Waals surface area contributed by atoms with Crippen LogP contribution in [0.15, 0.2) is 35.2 Å². The molecule has 2 aromatic carbocycles. The van der Waals surface area contributed by atoms with Crippen LogP contribution in [0, 0.1) is 23.1 Å². The first-order chi connectivity index (χ1) is 22.0. The van der Waals surface area contributed by atoms with Gasteiger partial charge in [-0.1, -0.05) is 24.0 Å². The normalized spacial score (nSPS) is 21.5. The number of sulfone groups is 1. The molecule has 0 radical (unpaired) electrons. The summed E-state index contributed by atoms with van der Waals surface area (Å²) < 4.78 is 77.4. The van der Waals surface area contributed by atoms with E-state index in [0.717, 1.165) is 73.1 Å². The van der Waals surface area contributed by atoms with Crippen molar-refractivity contribution in [2.75, 3.05) is 56.8 Å². The van der Waals surface area contributed by atoms with Gasteiger partial charge in [-0.25, -0.2) is 21.6 Å². The molecule has 2 saturated heterocycles. The number of methoxy groups -OCH3 is 1. The average Bonchev–Trinajstić information content (AvgIpc) is 3.35. The molecule has 3 fully saturated rings. The Labute approximate surface area is 272 Å². The molecule has 2 N–H and O–H groups in total. The van der Waals surface area contributed by atoms with Crippen LogP contribution in [0.4, 0.5) is 24.5 Å². The molecular formula is C34H40F3N3O4S2. The van der Waals surface area contributed by atoms with E-state index in [2.05, 4.69) is 27.4 Å². The van der Waals surface area contributed by atoms with Crippen LogP contribution in [-0.4, -0.2) is 78.0 Å². The van der Waals surface area contributed by atoms with Crippen LogP contribution >= 0.6 is 11.3 Å². The quantitative estimate of drug-likeness (QED) is 0.249. The van der Waals surface area contributed by atoms with Crippen molar-refractivity contribution in [1.82, 2.24) is 4.90 Å². The molecule has 1 saturated carbocycles. The van der Waals surface area contributed by atoms with Crippen molar-refractivity contribution in [2.24, 2.45) is 5.41 Å². The van der Waals surface area contributed by atoms with E-state index in [1.807, 2.05) is 18.2 Å². The molecule has 0 bridgehead atoms. The van der Waals surface area contributed by atoms with Gasteiger partial charge in [0, 0.05) is 68.6 Å². The first-order valence-electron chi connectivity index (χ1n) is 15.8. The summed E-state index contributed by atoms with van der Waals surface area (Å²) in [6, 6.07) is 8.93. The summed E-state index contributed by atoms with van der Waals surface area (Å²) in [7, 11) is -2.42. The van der Waals surface area contributed by atoms with Crippen LogP contribution in [0.25, 0.3) is 10.1 Å². The highest BCUT2D eigenvalue weighted by Crippen LogP contribution is 2.43. The third-order valence-electron chi connectivity index (χ3n) is 9.60. The lowest BCUT2D eigenvalue weighted by atomic mass is 9.71. The summed E-state index contributed by atoms with van der Waals surface area (Å²) in [5.41, 5.74) is 2.19. The summed E-state index contributed by atoms with van der Waals surface area (Å²) in [6.07, 6.45) is 4.79. The molecule has 6 rings (SSSR count). The number of rotatable bonds is 9. The Kier molecular flexibility index (Phi) is 9.76. The molecule has 46 heavy (non-hydrogen) atoms. The lowest BCUT2D eigenvalue weighted by Gasteiger charge is -2.56. The van der Waals surface area contributed by atoms with Crippen molar-refractivity contribution in [2.45, 2.75) is 68.4 Å². The Morgan fingerprint density at radius 1 is 1.13 bits per heavy atom. The SMILES string of the molecule is COc1cc(S(C)(=O)=O)c(F)cc1NCC#Cc1sc2c(NC3CCC(N4CC5(CCOCC5)C4)CC3)cccc2c1CC(F)F. The Hall–Kier alpha value is -2.98. The molecule has 248 valence electrons. The Morgan fingerprint density at radius 3 is 2.54 bits per heavy atom. The highest BCUT2D eigenvalue weighted by Gasteiger charge is 2.46. The van der Waals surface area contributed by atoms with E-state index >= 15 is 0 Å². The van der Waals surface area contributed by atoms with Gasteiger partial charge in [-0.15, -0.1) is 11.3 Å². The van der Waals surface area contributed by atoms with Gasteiger partial charge in [0.25, 0.3) is 0 Å². The first-order valence-corrected chi connectivity index (χ1v) is 18.5. The van der Waals surface area contributed by atoms with E-state index in [4.69, 9.17) is 9.47 Å². The summed E-state index contributed by atoms with van der Waals surface area (Å²) >= 11 is 1.41. The largest absolute Gasteiger partial charge is 0.495 e. The zero-order valence-corrected chi connectivity index (χ0v) is 27.8. The van der Waals surface area contributed by atoms with Crippen LogP contribution < -0.4 is 15.4 Å². The predicted molar refractivity (Wildman–Crippen MR) is 177 cm³/mol. The number of thiophene rings is 1. The molecule has 3 aromatic rings. The fourth-order valence-electron chi connectivity index (χ4n) is 7.13. The van der Waals surface area contributed by atoms with Gasteiger partial charge >= 0.3 is 0 Å². The third-order valence-corrected chi connectivity index (χ3v) is 11.9. The van der Waals surface area contributed by atoms with E-state index in [9.17, 15) is 21.6 Å². The number of hydrogen-bond donors (Lipinski definition) is 2. The molecule has 1 aliphatic carbocycles. The van der Waals surface area contributed by atoms with Gasteiger partial charge in [-0.2, -0.15) is 0 Å². The monoisotopic (exact) mass is 675 g/mol. The van der Waals surface area contributed by atoms with Gasteiger partial charge in [-0.3, -0.25) is 4.90 Å². The lowest BCUT2D eigenvalue weighted by Crippen LogP contribution is -2.62. The van der Waals surface area contributed by atoms with Gasteiger partial charge in [0.05, 0.1) is 34.6 Å². The van der Waals surface area contributed by atoms with Crippen molar-refractivity contribution in [3.63, 3.8) is 0 Å². The minimum Gasteiger partial charge on any atom is -0.495 e. The van der Waals surface area contributed by atoms with Gasteiger partial charge in [-0.05, 0) is 55.5 Å². The minimum atomic E-state index is -3.78. The van der Waals surface area contributed by atoms with Crippen molar-refractivity contribution < 1.29 is 31.1 Å². The Morgan fingerprint density at radius 2 is 1.87 bits per heavy atom. The smallest absolute Gasteiger partial charge is 0.242 e. The van der Waals surface area contributed by atoms with Gasteiger partial charge in [0.15, 0.2) is 9.84 Å².